The van der Waals surface area contributed by atoms with Crippen molar-refractivity contribution < 1.29 is 14.4 Å². The molecule has 0 saturated carbocycles. The number of thiazole rings is 1. The van der Waals surface area contributed by atoms with Crippen molar-refractivity contribution in [2.75, 3.05) is 13.1 Å². The molecule has 2 aromatic rings. The minimum atomic E-state index is -0.997. The molecule has 4 rings (SSSR count). The molecule has 2 N–H and O–H groups in total. The van der Waals surface area contributed by atoms with Crippen LogP contribution in [0, 0.1) is 0 Å². The first-order valence-electron chi connectivity index (χ1n) is 8.47. The zero-order chi connectivity index (χ0) is 18.1. The molecule has 1 aromatic carbocycles. The van der Waals surface area contributed by atoms with E-state index in [2.05, 4.69) is 15.6 Å². The molecule has 3 heterocycles. The van der Waals surface area contributed by atoms with E-state index >= 15 is 0 Å². The average molecular weight is 370 g/mol. The maximum Gasteiger partial charge on any atom is 0.322 e. The molecule has 0 radical (unpaired) electrons. The number of amides is 4. The third kappa shape index (κ3) is 3.08. The number of rotatable bonds is 3. The minimum absolute atomic E-state index is 0.144. The fourth-order valence-corrected chi connectivity index (χ4v) is 4.38. The van der Waals surface area contributed by atoms with Crippen molar-refractivity contribution in [3.8, 4) is 0 Å². The van der Waals surface area contributed by atoms with E-state index in [0.717, 1.165) is 10.6 Å². The first-order chi connectivity index (χ1) is 12.6. The lowest BCUT2D eigenvalue weighted by Crippen LogP contribution is -2.59. The molecule has 1 atom stereocenters. The normalized spacial score (nSPS) is 22.4. The number of carbonyl (C=O) groups excluding carboxylic acids is 3. The second-order valence-electron chi connectivity index (χ2n) is 6.60. The lowest BCUT2D eigenvalue weighted by Gasteiger charge is -2.37. The number of carbonyl (C=O) groups is 3. The highest BCUT2D eigenvalue weighted by atomic mass is 32.1. The Morgan fingerprint density at radius 1 is 1.27 bits per heavy atom. The summed E-state index contributed by atoms with van der Waals surface area (Å²) in [4.78, 5) is 43.0. The first kappa shape index (κ1) is 16.7. The van der Waals surface area contributed by atoms with E-state index in [4.69, 9.17) is 0 Å². The van der Waals surface area contributed by atoms with Gasteiger partial charge in [0.1, 0.15) is 10.4 Å². The molecule has 1 unspecified atom stereocenters. The SMILES string of the molecule is O=C1NC(=O)C2(CCCN(C(=O)c3cnc(Cc4ccccc4)s3)C2)N1. The molecule has 1 aromatic heterocycles. The van der Waals surface area contributed by atoms with Gasteiger partial charge in [-0.2, -0.15) is 0 Å². The van der Waals surface area contributed by atoms with Gasteiger partial charge in [-0.05, 0) is 18.4 Å². The molecule has 4 amide bonds. The van der Waals surface area contributed by atoms with Crippen LogP contribution in [0.1, 0.15) is 33.1 Å². The molecule has 2 aliphatic rings. The van der Waals surface area contributed by atoms with Crippen LogP contribution >= 0.6 is 11.3 Å². The maximum atomic E-state index is 12.8. The van der Waals surface area contributed by atoms with E-state index in [9.17, 15) is 14.4 Å². The summed E-state index contributed by atoms with van der Waals surface area (Å²) in [5.41, 5.74) is 0.144. The van der Waals surface area contributed by atoms with Crippen LogP contribution in [0.4, 0.5) is 4.79 Å². The average Bonchev–Trinajstić information content (AvgIpc) is 3.20. The lowest BCUT2D eigenvalue weighted by atomic mass is 9.89. The third-order valence-electron chi connectivity index (χ3n) is 4.76. The molecular formula is C18H18N4O3S. The van der Waals surface area contributed by atoms with Crippen LogP contribution in [0.15, 0.2) is 36.5 Å². The molecular weight excluding hydrogens is 352 g/mol. The van der Waals surface area contributed by atoms with Crippen molar-refractivity contribution in [1.82, 2.24) is 20.5 Å². The van der Waals surface area contributed by atoms with Crippen LogP contribution in [-0.4, -0.2) is 46.4 Å². The molecule has 8 heteroatoms. The lowest BCUT2D eigenvalue weighted by molar-refractivity contribution is -0.125. The van der Waals surface area contributed by atoms with Gasteiger partial charge in [-0.25, -0.2) is 9.78 Å². The number of hydrogen-bond acceptors (Lipinski definition) is 5. The Labute approximate surface area is 154 Å². The van der Waals surface area contributed by atoms with E-state index in [1.54, 1.807) is 11.1 Å². The number of nitrogens with one attached hydrogen (secondary N) is 2. The summed E-state index contributed by atoms with van der Waals surface area (Å²) in [7, 11) is 0. The number of hydrogen-bond donors (Lipinski definition) is 2. The van der Waals surface area contributed by atoms with Gasteiger partial charge in [-0.3, -0.25) is 14.9 Å². The molecule has 1 spiro atoms. The summed E-state index contributed by atoms with van der Waals surface area (Å²) in [6.07, 6.45) is 3.48. The van der Waals surface area contributed by atoms with Crippen molar-refractivity contribution in [2.45, 2.75) is 24.8 Å². The Morgan fingerprint density at radius 3 is 2.81 bits per heavy atom. The van der Waals surface area contributed by atoms with Gasteiger partial charge in [-0.1, -0.05) is 30.3 Å². The van der Waals surface area contributed by atoms with Crippen LogP contribution in [-0.2, 0) is 11.2 Å². The maximum absolute atomic E-state index is 12.8. The van der Waals surface area contributed by atoms with Crippen LogP contribution in [0.5, 0.6) is 0 Å². The topological polar surface area (TPSA) is 91.4 Å². The Morgan fingerprint density at radius 2 is 2.08 bits per heavy atom. The molecule has 2 saturated heterocycles. The third-order valence-corrected chi connectivity index (χ3v) is 5.74. The van der Waals surface area contributed by atoms with E-state index in [0.29, 0.717) is 30.7 Å². The molecule has 0 aliphatic carbocycles. The second-order valence-corrected chi connectivity index (χ2v) is 7.72. The van der Waals surface area contributed by atoms with Gasteiger partial charge in [-0.15, -0.1) is 11.3 Å². The van der Waals surface area contributed by atoms with Crippen LogP contribution in [0.2, 0.25) is 0 Å². The van der Waals surface area contributed by atoms with Crippen molar-refractivity contribution in [2.24, 2.45) is 0 Å². The summed E-state index contributed by atoms with van der Waals surface area (Å²) >= 11 is 1.37. The highest BCUT2D eigenvalue weighted by molar-refractivity contribution is 7.13. The van der Waals surface area contributed by atoms with Gasteiger partial charge in [0.15, 0.2) is 0 Å². The number of imide groups is 1. The molecule has 2 fully saturated rings. The van der Waals surface area contributed by atoms with E-state index in [1.165, 1.54) is 11.3 Å². The van der Waals surface area contributed by atoms with Crippen molar-refractivity contribution in [3.63, 3.8) is 0 Å². The number of nitrogens with zero attached hydrogens (tertiary/aromatic N) is 2. The van der Waals surface area contributed by atoms with E-state index in [1.807, 2.05) is 30.3 Å². The van der Waals surface area contributed by atoms with Crippen molar-refractivity contribution >= 4 is 29.2 Å². The number of likely N-dealkylation sites (tertiary alicyclic amines) is 1. The molecule has 7 nitrogen and oxygen atoms in total. The number of benzene rings is 1. The summed E-state index contributed by atoms with van der Waals surface area (Å²) in [5.74, 6) is -0.496. The smallest absolute Gasteiger partial charge is 0.322 e. The molecule has 2 aliphatic heterocycles. The van der Waals surface area contributed by atoms with Gasteiger partial charge in [0, 0.05) is 13.0 Å². The standard InChI is InChI=1S/C18H18N4O3S/c23-15(13-10-19-14(26-13)9-12-5-2-1-3-6-12)22-8-4-7-18(11-22)16(24)20-17(25)21-18/h1-3,5-6,10H,4,7-9,11H2,(H2,20,21,24,25). The van der Waals surface area contributed by atoms with Crippen LogP contribution < -0.4 is 10.6 Å². The van der Waals surface area contributed by atoms with Crippen molar-refractivity contribution in [3.05, 3.63) is 52.0 Å². The summed E-state index contributed by atoms with van der Waals surface area (Å²) in [6, 6.07) is 9.47. The summed E-state index contributed by atoms with van der Waals surface area (Å²) in [5, 5.41) is 5.83. The van der Waals surface area contributed by atoms with Gasteiger partial charge in [0.2, 0.25) is 0 Å². The summed E-state index contributed by atoms with van der Waals surface area (Å²) < 4.78 is 0. The van der Waals surface area contributed by atoms with Crippen molar-refractivity contribution in [1.29, 1.82) is 0 Å². The molecule has 134 valence electrons. The van der Waals surface area contributed by atoms with E-state index < -0.39 is 11.6 Å². The predicted octanol–water partition coefficient (Wildman–Crippen LogP) is 1.55. The molecule has 26 heavy (non-hydrogen) atoms. The van der Waals surface area contributed by atoms with E-state index in [-0.39, 0.29) is 18.4 Å². The second kappa shape index (κ2) is 6.53. The zero-order valence-corrected chi connectivity index (χ0v) is 14.8. The highest BCUT2D eigenvalue weighted by Crippen LogP contribution is 2.27. The predicted molar refractivity (Wildman–Crippen MR) is 95.9 cm³/mol. The Bertz CT molecular complexity index is 866. The monoisotopic (exact) mass is 370 g/mol. The quantitative estimate of drug-likeness (QED) is 0.802. The number of aromatic nitrogens is 1. The highest BCUT2D eigenvalue weighted by Gasteiger charge is 2.49. The zero-order valence-electron chi connectivity index (χ0n) is 14.0. The number of piperidine rings is 1. The van der Waals surface area contributed by atoms with Gasteiger partial charge in [0.25, 0.3) is 11.8 Å². The molecule has 0 bridgehead atoms. The van der Waals surface area contributed by atoms with Crippen LogP contribution in [0.25, 0.3) is 0 Å². The minimum Gasteiger partial charge on any atom is -0.335 e. The first-order valence-corrected chi connectivity index (χ1v) is 9.29. The summed E-state index contributed by atoms with van der Waals surface area (Å²) in [6.45, 7) is 0.755. The van der Waals surface area contributed by atoms with Gasteiger partial charge < -0.3 is 10.2 Å². The largest absolute Gasteiger partial charge is 0.335 e. The Kier molecular flexibility index (Phi) is 4.20. The number of urea groups is 1. The van der Waals surface area contributed by atoms with Gasteiger partial charge >= 0.3 is 6.03 Å². The Balaban J connectivity index is 1.48. The Hall–Kier alpha value is -2.74. The van der Waals surface area contributed by atoms with Gasteiger partial charge in [0.05, 0.1) is 17.7 Å². The fraction of sp³-hybridized carbons (Fsp3) is 0.333. The van der Waals surface area contributed by atoms with Crippen LogP contribution in [0.3, 0.4) is 0 Å². The fourth-order valence-electron chi connectivity index (χ4n) is 3.46.